The van der Waals surface area contributed by atoms with Crippen molar-refractivity contribution in [3.8, 4) is 89.7 Å². The molecule has 0 fully saturated rings. The van der Waals surface area contributed by atoms with Crippen molar-refractivity contribution in [3.05, 3.63) is 237 Å². The maximum absolute atomic E-state index is 5.31. The second kappa shape index (κ2) is 16.1. The number of pyridine rings is 1. The highest BCUT2D eigenvalue weighted by atomic mass is 14.9. The molecule has 11 aromatic rings. The Bertz CT molecular complexity index is 3280. The quantitative estimate of drug-likeness (QED) is 0.144. The van der Waals surface area contributed by atoms with Gasteiger partial charge in [-0.3, -0.25) is 0 Å². The van der Waals surface area contributed by atoms with Crippen molar-refractivity contribution < 1.29 is 0 Å². The van der Waals surface area contributed by atoms with E-state index in [1.54, 1.807) is 0 Å². The van der Waals surface area contributed by atoms with Crippen LogP contribution >= 0.6 is 0 Å². The minimum Gasteiger partial charge on any atom is -0.248 e. The van der Waals surface area contributed by atoms with Gasteiger partial charge < -0.3 is 0 Å². The molecule has 0 aliphatic carbocycles. The molecule has 9 aromatic carbocycles. The molecule has 3 heteroatoms. The lowest BCUT2D eigenvalue weighted by atomic mass is 9.91. The van der Waals surface area contributed by atoms with Crippen molar-refractivity contribution in [2.45, 2.75) is 0 Å². The number of aromatic nitrogens is 3. The van der Waals surface area contributed by atoms with Gasteiger partial charge in [-0.1, -0.05) is 200 Å². The summed E-state index contributed by atoms with van der Waals surface area (Å²) in [5, 5.41) is 3.48. The molecule has 62 heavy (non-hydrogen) atoms. The van der Waals surface area contributed by atoms with E-state index >= 15 is 0 Å². The first kappa shape index (κ1) is 36.8. The molecular weight excluding hydrogens is 751 g/mol. The maximum Gasteiger partial charge on any atom is 0.160 e. The van der Waals surface area contributed by atoms with Crippen LogP contribution in [0.2, 0.25) is 0 Å². The van der Waals surface area contributed by atoms with Crippen LogP contribution < -0.4 is 0 Å². The molecule has 290 valence electrons. The van der Waals surface area contributed by atoms with Gasteiger partial charge in [0.05, 0.1) is 22.6 Å². The van der Waals surface area contributed by atoms with E-state index in [4.69, 9.17) is 15.0 Å². The molecule has 2 heterocycles. The second-order valence-corrected chi connectivity index (χ2v) is 15.6. The number of rotatable bonds is 8. The highest BCUT2D eigenvalue weighted by molar-refractivity contribution is 6.17. The Morgan fingerprint density at radius 3 is 1.29 bits per heavy atom. The summed E-state index contributed by atoms with van der Waals surface area (Å²) in [6.07, 6.45) is 0. The lowest BCUT2D eigenvalue weighted by Gasteiger charge is -2.15. The van der Waals surface area contributed by atoms with Gasteiger partial charge in [-0.15, -0.1) is 0 Å². The topological polar surface area (TPSA) is 38.7 Å². The monoisotopic (exact) mass is 789 g/mol. The minimum atomic E-state index is 0.679. The lowest BCUT2D eigenvalue weighted by molar-refractivity contribution is 1.18. The van der Waals surface area contributed by atoms with Crippen LogP contribution in [-0.4, -0.2) is 15.0 Å². The molecule has 11 rings (SSSR count). The number of hydrogen-bond acceptors (Lipinski definition) is 3. The molecule has 0 saturated heterocycles. The summed E-state index contributed by atoms with van der Waals surface area (Å²) in [5.74, 6) is 0.679. The van der Waals surface area contributed by atoms with Crippen molar-refractivity contribution in [3.63, 3.8) is 0 Å². The number of fused-ring (bicyclic) bond motifs is 3. The fraction of sp³-hybridized carbons (Fsp3) is 0. The number of benzene rings is 9. The van der Waals surface area contributed by atoms with E-state index in [1.165, 1.54) is 21.9 Å². The van der Waals surface area contributed by atoms with Crippen LogP contribution in [0.15, 0.2) is 237 Å². The van der Waals surface area contributed by atoms with Crippen molar-refractivity contribution in [2.75, 3.05) is 0 Å². The molecule has 2 aromatic heterocycles. The molecule has 0 aliphatic heterocycles. The number of hydrogen-bond donors (Lipinski definition) is 0. The van der Waals surface area contributed by atoms with Gasteiger partial charge in [-0.2, -0.15) is 0 Å². The Hall–Kier alpha value is -8.27. The number of nitrogens with zero attached hydrogens (tertiary/aromatic N) is 3. The predicted molar refractivity (Wildman–Crippen MR) is 258 cm³/mol. The molecule has 0 aliphatic rings. The lowest BCUT2D eigenvalue weighted by Crippen LogP contribution is -1.97. The van der Waals surface area contributed by atoms with Crippen LogP contribution in [0.5, 0.6) is 0 Å². The normalized spacial score (nSPS) is 11.2. The molecule has 0 spiro atoms. The van der Waals surface area contributed by atoms with Gasteiger partial charge in [-0.25, -0.2) is 15.0 Å². The summed E-state index contributed by atoms with van der Waals surface area (Å²) in [5.41, 5.74) is 16.9. The van der Waals surface area contributed by atoms with E-state index in [-0.39, 0.29) is 0 Å². The Balaban J connectivity index is 1.06. The van der Waals surface area contributed by atoms with Crippen LogP contribution in [0.3, 0.4) is 0 Å². The summed E-state index contributed by atoms with van der Waals surface area (Å²) >= 11 is 0. The second-order valence-electron chi connectivity index (χ2n) is 15.6. The van der Waals surface area contributed by atoms with Gasteiger partial charge in [-0.05, 0) is 91.7 Å². The molecule has 0 atom stereocenters. The van der Waals surface area contributed by atoms with Gasteiger partial charge in [0.25, 0.3) is 0 Å². The highest BCUT2D eigenvalue weighted by Crippen LogP contribution is 2.40. The summed E-state index contributed by atoms with van der Waals surface area (Å²) in [7, 11) is 0. The van der Waals surface area contributed by atoms with Crippen molar-refractivity contribution in [1.29, 1.82) is 0 Å². The largest absolute Gasteiger partial charge is 0.248 e. The first-order valence-electron chi connectivity index (χ1n) is 21.0. The zero-order valence-electron chi connectivity index (χ0n) is 33.9. The predicted octanol–water partition coefficient (Wildman–Crippen LogP) is 15.5. The molecule has 0 radical (unpaired) electrons. The zero-order chi connectivity index (χ0) is 41.2. The molecule has 3 nitrogen and oxygen atoms in total. The fourth-order valence-electron chi connectivity index (χ4n) is 8.62. The standard InChI is InChI=1S/C59H39N3/c1-5-17-40(18-6-1)44-25-13-28-47(35-44)56-39-57(62-59(61-56)49-30-14-26-45(36-49)41-19-7-2-8-20-41)48-29-15-27-46(37-48)50-31-16-32-52-51(50)33-34-54-58(52)53(42-21-9-3-10-22-42)38-55(60-54)43-23-11-4-12-24-43/h1-39H. The van der Waals surface area contributed by atoms with Crippen molar-refractivity contribution in [2.24, 2.45) is 0 Å². The molecular formula is C59H39N3. The Labute approximate surface area is 361 Å². The van der Waals surface area contributed by atoms with Crippen LogP contribution in [0, 0.1) is 0 Å². The Kier molecular flexibility index (Phi) is 9.53. The van der Waals surface area contributed by atoms with Crippen LogP contribution in [-0.2, 0) is 0 Å². The first-order valence-corrected chi connectivity index (χ1v) is 21.0. The van der Waals surface area contributed by atoms with Crippen molar-refractivity contribution >= 4 is 21.7 Å². The summed E-state index contributed by atoms with van der Waals surface area (Å²) in [6, 6.07) is 83.4. The molecule has 0 saturated carbocycles. The van der Waals surface area contributed by atoms with Crippen LogP contribution in [0.25, 0.3) is 111 Å². The molecule has 0 bridgehead atoms. The zero-order valence-corrected chi connectivity index (χ0v) is 33.9. The molecule has 0 N–H and O–H groups in total. The molecule has 0 amide bonds. The maximum atomic E-state index is 5.31. The van der Waals surface area contributed by atoms with Crippen LogP contribution in [0.1, 0.15) is 0 Å². The van der Waals surface area contributed by atoms with Crippen LogP contribution in [0.4, 0.5) is 0 Å². The fourth-order valence-corrected chi connectivity index (χ4v) is 8.62. The van der Waals surface area contributed by atoms with E-state index < -0.39 is 0 Å². The Morgan fingerprint density at radius 1 is 0.226 bits per heavy atom. The highest BCUT2D eigenvalue weighted by Gasteiger charge is 2.17. The van der Waals surface area contributed by atoms with Gasteiger partial charge in [0.2, 0.25) is 0 Å². The van der Waals surface area contributed by atoms with Gasteiger partial charge in [0, 0.05) is 27.6 Å². The van der Waals surface area contributed by atoms with Gasteiger partial charge >= 0.3 is 0 Å². The summed E-state index contributed by atoms with van der Waals surface area (Å²) in [6.45, 7) is 0. The van der Waals surface area contributed by atoms with E-state index in [0.717, 1.165) is 83.6 Å². The third kappa shape index (κ3) is 7.12. The minimum absolute atomic E-state index is 0.679. The van der Waals surface area contributed by atoms with E-state index in [1.807, 2.05) is 12.1 Å². The third-order valence-electron chi connectivity index (χ3n) is 11.7. The Morgan fingerprint density at radius 2 is 0.677 bits per heavy atom. The van der Waals surface area contributed by atoms with Gasteiger partial charge in [0.15, 0.2) is 5.82 Å². The van der Waals surface area contributed by atoms with E-state index in [9.17, 15) is 0 Å². The summed E-state index contributed by atoms with van der Waals surface area (Å²) < 4.78 is 0. The smallest absolute Gasteiger partial charge is 0.160 e. The molecule has 0 unspecified atom stereocenters. The average molecular weight is 790 g/mol. The SMILES string of the molecule is c1ccc(-c2cccc(-c3cc(-c4cccc(-c5cccc6c5ccc5nc(-c7ccccc7)cc(-c7ccccc7)c56)c4)nc(-c4cccc(-c5ccccc5)c4)n3)c2)cc1. The van der Waals surface area contributed by atoms with Crippen molar-refractivity contribution in [1.82, 2.24) is 15.0 Å². The average Bonchev–Trinajstić information content (AvgIpc) is 3.36. The summed E-state index contributed by atoms with van der Waals surface area (Å²) in [4.78, 5) is 15.8. The first-order chi connectivity index (χ1) is 30.7. The van der Waals surface area contributed by atoms with E-state index in [2.05, 4.69) is 224 Å². The van der Waals surface area contributed by atoms with E-state index in [0.29, 0.717) is 5.82 Å². The third-order valence-corrected chi connectivity index (χ3v) is 11.7. The van der Waals surface area contributed by atoms with Gasteiger partial charge in [0.1, 0.15) is 0 Å².